The lowest BCUT2D eigenvalue weighted by Crippen LogP contribution is -1.87. The summed E-state index contributed by atoms with van der Waals surface area (Å²) in [5.41, 5.74) is 1.96. The van der Waals surface area contributed by atoms with Crippen molar-refractivity contribution in [2.45, 2.75) is 0 Å². The van der Waals surface area contributed by atoms with Crippen LogP contribution in [0.15, 0.2) is 47.9 Å². The molecule has 0 bridgehead atoms. The first-order valence-corrected chi connectivity index (χ1v) is 6.07. The number of ether oxygens (including phenoxy) is 1. The minimum absolute atomic E-state index is 0.811. The van der Waals surface area contributed by atoms with E-state index >= 15 is 0 Å². The largest absolute Gasteiger partial charge is 0.497 e. The Hall–Kier alpha value is -1.87. The van der Waals surface area contributed by atoms with E-state index in [1.54, 1.807) is 24.5 Å². The number of rotatable bonds is 4. The van der Waals surface area contributed by atoms with Gasteiger partial charge >= 0.3 is 0 Å². The second kappa shape index (κ2) is 5.46. The van der Waals surface area contributed by atoms with E-state index in [1.807, 2.05) is 41.8 Å². The standard InChI is InChI=1S/C14H12O2S/c1-16-12-6-4-11(5-7-12)13(8-9-15)14-3-2-10-17-14/h2-10H,1H3/b13-8+. The zero-order chi connectivity index (χ0) is 12.1. The van der Waals surface area contributed by atoms with E-state index in [2.05, 4.69) is 0 Å². The lowest BCUT2D eigenvalue weighted by molar-refractivity contribution is -0.104. The maximum atomic E-state index is 10.7. The quantitative estimate of drug-likeness (QED) is 0.608. The molecule has 1 aromatic carbocycles. The van der Waals surface area contributed by atoms with Crippen LogP contribution < -0.4 is 4.74 Å². The highest BCUT2D eigenvalue weighted by Crippen LogP contribution is 2.27. The fourth-order valence-corrected chi connectivity index (χ4v) is 2.36. The van der Waals surface area contributed by atoms with E-state index in [0.29, 0.717) is 0 Å². The molecular formula is C14H12O2S. The second-order valence-corrected chi connectivity index (χ2v) is 4.37. The Morgan fingerprint density at radius 2 is 2.00 bits per heavy atom. The molecule has 0 saturated heterocycles. The van der Waals surface area contributed by atoms with E-state index in [4.69, 9.17) is 4.74 Å². The first-order valence-electron chi connectivity index (χ1n) is 5.19. The van der Waals surface area contributed by atoms with Crippen molar-refractivity contribution in [1.29, 1.82) is 0 Å². The van der Waals surface area contributed by atoms with Crippen LogP contribution in [0, 0.1) is 0 Å². The predicted octanol–water partition coefficient (Wildman–Crippen LogP) is 3.39. The van der Waals surface area contributed by atoms with Gasteiger partial charge in [-0.1, -0.05) is 18.2 Å². The van der Waals surface area contributed by atoms with Crippen LogP contribution in [0.5, 0.6) is 5.75 Å². The zero-order valence-corrected chi connectivity index (χ0v) is 10.2. The number of benzene rings is 1. The van der Waals surface area contributed by atoms with Gasteiger partial charge in [0, 0.05) is 10.5 Å². The van der Waals surface area contributed by atoms with Gasteiger partial charge in [0.2, 0.25) is 0 Å². The molecule has 1 heterocycles. The molecule has 0 aliphatic heterocycles. The van der Waals surface area contributed by atoms with Crippen LogP contribution in [-0.4, -0.2) is 13.4 Å². The average molecular weight is 244 g/mol. The van der Waals surface area contributed by atoms with Crippen molar-refractivity contribution in [1.82, 2.24) is 0 Å². The van der Waals surface area contributed by atoms with E-state index in [0.717, 1.165) is 28.0 Å². The Balaban J connectivity index is 2.40. The van der Waals surface area contributed by atoms with Crippen molar-refractivity contribution in [2.24, 2.45) is 0 Å². The lowest BCUT2D eigenvalue weighted by Gasteiger charge is -2.05. The highest BCUT2D eigenvalue weighted by molar-refractivity contribution is 7.11. The maximum Gasteiger partial charge on any atom is 0.143 e. The number of hydrogen-bond donors (Lipinski definition) is 0. The summed E-state index contributed by atoms with van der Waals surface area (Å²) in [6.07, 6.45) is 2.41. The van der Waals surface area contributed by atoms with E-state index in [1.165, 1.54) is 0 Å². The summed E-state index contributed by atoms with van der Waals surface area (Å²) in [5.74, 6) is 0.811. The molecule has 0 N–H and O–H groups in total. The van der Waals surface area contributed by atoms with E-state index in [-0.39, 0.29) is 0 Å². The first-order chi connectivity index (χ1) is 8.35. The molecule has 0 aliphatic carbocycles. The summed E-state index contributed by atoms with van der Waals surface area (Å²) in [6, 6.07) is 11.7. The van der Waals surface area contributed by atoms with Gasteiger partial charge in [-0.15, -0.1) is 11.3 Å². The Morgan fingerprint density at radius 1 is 1.24 bits per heavy atom. The van der Waals surface area contributed by atoms with Crippen LogP contribution in [0.4, 0.5) is 0 Å². The van der Waals surface area contributed by atoms with Gasteiger partial charge in [-0.2, -0.15) is 0 Å². The average Bonchev–Trinajstić information content (AvgIpc) is 2.90. The monoisotopic (exact) mass is 244 g/mol. The number of carbonyl (C=O) groups excluding carboxylic acids is 1. The summed E-state index contributed by atoms with van der Waals surface area (Å²) in [7, 11) is 1.64. The van der Waals surface area contributed by atoms with Crippen LogP contribution in [0.3, 0.4) is 0 Å². The normalized spacial score (nSPS) is 11.2. The zero-order valence-electron chi connectivity index (χ0n) is 9.42. The molecule has 0 aliphatic rings. The van der Waals surface area contributed by atoms with Crippen LogP contribution in [0.1, 0.15) is 10.4 Å². The van der Waals surface area contributed by atoms with Crippen molar-refractivity contribution >= 4 is 23.2 Å². The van der Waals surface area contributed by atoms with Crippen LogP contribution >= 0.6 is 11.3 Å². The van der Waals surface area contributed by atoms with Crippen LogP contribution in [0.2, 0.25) is 0 Å². The summed E-state index contributed by atoms with van der Waals surface area (Å²) in [6.45, 7) is 0. The highest BCUT2D eigenvalue weighted by atomic mass is 32.1. The smallest absolute Gasteiger partial charge is 0.143 e. The molecule has 0 fully saturated rings. The Morgan fingerprint density at radius 3 is 2.53 bits per heavy atom. The third-order valence-corrected chi connectivity index (χ3v) is 3.33. The minimum atomic E-state index is 0.811. The second-order valence-electron chi connectivity index (χ2n) is 3.42. The fraction of sp³-hybridized carbons (Fsp3) is 0.0714. The van der Waals surface area contributed by atoms with Crippen molar-refractivity contribution in [3.8, 4) is 5.75 Å². The van der Waals surface area contributed by atoms with Crippen molar-refractivity contribution < 1.29 is 9.53 Å². The topological polar surface area (TPSA) is 26.3 Å². The van der Waals surface area contributed by atoms with E-state index in [9.17, 15) is 4.79 Å². The Labute approximate surface area is 104 Å². The van der Waals surface area contributed by atoms with Crippen molar-refractivity contribution in [3.05, 3.63) is 58.3 Å². The third kappa shape index (κ3) is 2.63. The van der Waals surface area contributed by atoms with Gasteiger partial charge in [0.15, 0.2) is 0 Å². The maximum absolute atomic E-state index is 10.7. The number of aldehydes is 1. The summed E-state index contributed by atoms with van der Waals surface area (Å²) in [4.78, 5) is 11.8. The van der Waals surface area contributed by atoms with E-state index < -0.39 is 0 Å². The molecule has 0 unspecified atom stereocenters. The first kappa shape index (κ1) is 11.6. The number of carbonyl (C=O) groups is 1. The molecule has 0 amide bonds. The molecule has 0 spiro atoms. The molecule has 2 aromatic rings. The summed E-state index contributed by atoms with van der Waals surface area (Å²) >= 11 is 1.62. The molecule has 17 heavy (non-hydrogen) atoms. The third-order valence-electron chi connectivity index (χ3n) is 2.42. The predicted molar refractivity (Wildman–Crippen MR) is 70.5 cm³/mol. The van der Waals surface area contributed by atoms with Gasteiger partial charge in [0.25, 0.3) is 0 Å². The van der Waals surface area contributed by atoms with Gasteiger partial charge < -0.3 is 4.74 Å². The molecule has 0 atom stereocenters. The van der Waals surface area contributed by atoms with Gasteiger partial charge in [-0.3, -0.25) is 4.79 Å². The van der Waals surface area contributed by atoms with Gasteiger partial charge in [-0.05, 0) is 35.2 Å². The Kier molecular flexibility index (Phi) is 3.73. The number of thiophene rings is 1. The van der Waals surface area contributed by atoms with Gasteiger partial charge in [0.1, 0.15) is 12.0 Å². The molecule has 2 rings (SSSR count). The summed E-state index contributed by atoms with van der Waals surface area (Å²) < 4.78 is 5.11. The number of methoxy groups -OCH3 is 1. The minimum Gasteiger partial charge on any atom is -0.497 e. The van der Waals surface area contributed by atoms with Crippen LogP contribution in [-0.2, 0) is 4.79 Å². The van der Waals surface area contributed by atoms with Gasteiger partial charge in [0.05, 0.1) is 7.11 Å². The highest BCUT2D eigenvalue weighted by Gasteiger charge is 2.05. The molecule has 3 heteroatoms. The number of hydrogen-bond acceptors (Lipinski definition) is 3. The summed E-state index contributed by atoms with van der Waals surface area (Å²) in [5, 5.41) is 2.00. The SMILES string of the molecule is COc1ccc(/C(=C\C=O)c2cccs2)cc1. The molecule has 2 nitrogen and oxygen atoms in total. The molecule has 1 aromatic heterocycles. The molecule has 86 valence electrons. The van der Waals surface area contributed by atoms with Crippen molar-refractivity contribution in [3.63, 3.8) is 0 Å². The number of allylic oxidation sites excluding steroid dienone is 1. The van der Waals surface area contributed by atoms with Crippen LogP contribution in [0.25, 0.3) is 5.57 Å². The van der Waals surface area contributed by atoms with Gasteiger partial charge in [-0.25, -0.2) is 0 Å². The lowest BCUT2D eigenvalue weighted by atomic mass is 10.0. The van der Waals surface area contributed by atoms with Crippen molar-refractivity contribution in [2.75, 3.05) is 7.11 Å². The Bertz CT molecular complexity index is 510. The molecule has 0 radical (unpaired) electrons. The molecular weight excluding hydrogens is 232 g/mol. The molecule has 0 saturated carbocycles. The fourth-order valence-electron chi connectivity index (χ4n) is 1.59.